The van der Waals surface area contributed by atoms with Crippen LogP contribution in [0.5, 0.6) is 5.75 Å². The molecule has 1 N–H and O–H groups in total. The lowest BCUT2D eigenvalue weighted by atomic mass is 10.0. The number of esters is 1. The standard InChI is InChI=1S/C42H68N2O8/c1-7-9-11-13-15-17-19-21-23-25-27-35(45)37(44-40(48)42(5,6)52-41(44)49)38(46)43-34-31-33(28-29-36(34)51-32(3)4)39(47)50-30-26-24-22-20-18-16-14-12-10-8-2/h28-29,31-32,37H,7-27,30H2,1-6H3,(H,43,46). The van der Waals surface area contributed by atoms with Crippen LogP contribution in [0.3, 0.4) is 0 Å². The van der Waals surface area contributed by atoms with Crippen LogP contribution in [-0.2, 0) is 23.9 Å². The second-order valence-electron chi connectivity index (χ2n) is 15.0. The summed E-state index contributed by atoms with van der Waals surface area (Å²) in [7, 11) is 0. The first-order chi connectivity index (χ1) is 24.9. The van der Waals surface area contributed by atoms with E-state index in [1.807, 2.05) is 13.8 Å². The number of hydrogen-bond acceptors (Lipinski definition) is 8. The number of hydrogen-bond donors (Lipinski definition) is 1. The molecule has 1 heterocycles. The molecule has 2 rings (SSSR count). The molecule has 10 nitrogen and oxygen atoms in total. The highest BCUT2D eigenvalue weighted by molar-refractivity contribution is 6.18. The van der Waals surface area contributed by atoms with Gasteiger partial charge < -0.3 is 19.5 Å². The quantitative estimate of drug-likeness (QED) is 0.0490. The second-order valence-corrected chi connectivity index (χ2v) is 15.0. The van der Waals surface area contributed by atoms with Crippen LogP contribution in [0.25, 0.3) is 0 Å². The van der Waals surface area contributed by atoms with Gasteiger partial charge in [-0.15, -0.1) is 0 Å². The lowest BCUT2D eigenvalue weighted by Crippen LogP contribution is -2.53. The number of benzene rings is 1. The lowest BCUT2D eigenvalue weighted by molar-refractivity contribution is -0.143. The van der Waals surface area contributed by atoms with Gasteiger partial charge in [-0.05, 0) is 58.7 Å². The van der Waals surface area contributed by atoms with Crippen molar-refractivity contribution < 1.29 is 38.2 Å². The Morgan fingerprint density at radius 2 is 1.25 bits per heavy atom. The molecule has 1 aromatic carbocycles. The van der Waals surface area contributed by atoms with Crippen LogP contribution in [0, 0.1) is 0 Å². The maximum absolute atomic E-state index is 13.9. The zero-order valence-corrected chi connectivity index (χ0v) is 33.2. The molecular formula is C42H68N2O8. The van der Waals surface area contributed by atoms with Gasteiger partial charge in [0, 0.05) is 6.42 Å². The SMILES string of the molecule is CCCCCCCCCCCCOC(=O)c1ccc(OC(C)C)c(NC(=O)C(C(=O)CCCCCCCCCCCC)N2C(=O)OC(C)(C)C2=O)c1. The van der Waals surface area contributed by atoms with Crippen molar-refractivity contribution in [3.63, 3.8) is 0 Å². The average Bonchev–Trinajstić information content (AvgIpc) is 3.29. The summed E-state index contributed by atoms with van der Waals surface area (Å²) >= 11 is 0. The predicted molar refractivity (Wildman–Crippen MR) is 206 cm³/mol. The third-order valence-electron chi connectivity index (χ3n) is 9.43. The number of carbonyl (C=O) groups is 5. The monoisotopic (exact) mass is 728 g/mol. The van der Waals surface area contributed by atoms with Crippen molar-refractivity contribution in [2.75, 3.05) is 11.9 Å². The first-order valence-corrected chi connectivity index (χ1v) is 20.3. The van der Waals surface area contributed by atoms with Crippen LogP contribution in [0.15, 0.2) is 18.2 Å². The molecule has 1 atom stereocenters. The molecule has 0 saturated carbocycles. The smallest absolute Gasteiger partial charge is 0.418 e. The Balaban J connectivity index is 2.06. The second kappa shape index (κ2) is 24.7. The molecule has 10 heteroatoms. The Bertz CT molecular complexity index is 1260. The molecule has 1 aliphatic rings. The van der Waals surface area contributed by atoms with Gasteiger partial charge in [0.05, 0.1) is 24.0 Å². The van der Waals surface area contributed by atoms with E-state index in [-0.39, 0.29) is 36.1 Å². The van der Waals surface area contributed by atoms with Crippen molar-refractivity contribution in [3.05, 3.63) is 23.8 Å². The highest BCUT2D eigenvalue weighted by Gasteiger charge is 2.53. The molecule has 0 bridgehead atoms. The molecule has 1 unspecified atom stereocenters. The number of rotatable bonds is 29. The molecule has 52 heavy (non-hydrogen) atoms. The van der Waals surface area contributed by atoms with Gasteiger partial charge in [0.2, 0.25) is 0 Å². The van der Waals surface area contributed by atoms with Crippen molar-refractivity contribution in [1.82, 2.24) is 4.90 Å². The Morgan fingerprint density at radius 3 is 1.73 bits per heavy atom. The first kappa shape index (κ1) is 44.7. The van der Waals surface area contributed by atoms with Gasteiger partial charge in [0.25, 0.3) is 11.8 Å². The van der Waals surface area contributed by atoms with Gasteiger partial charge in [0.1, 0.15) is 5.75 Å². The van der Waals surface area contributed by atoms with E-state index in [2.05, 4.69) is 19.2 Å². The van der Waals surface area contributed by atoms with Gasteiger partial charge in [0.15, 0.2) is 17.4 Å². The summed E-state index contributed by atoms with van der Waals surface area (Å²) in [6.45, 7) is 11.2. The van der Waals surface area contributed by atoms with Crippen molar-refractivity contribution >= 4 is 35.3 Å². The van der Waals surface area contributed by atoms with Crippen molar-refractivity contribution in [2.45, 2.75) is 194 Å². The van der Waals surface area contributed by atoms with E-state index in [0.29, 0.717) is 11.3 Å². The number of nitrogens with zero attached hydrogens (tertiary/aromatic N) is 1. The third kappa shape index (κ3) is 16.1. The summed E-state index contributed by atoms with van der Waals surface area (Å²) in [4.78, 5) is 67.4. The molecule has 1 aliphatic heterocycles. The van der Waals surface area contributed by atoms with Crippen molar-refractivity contribution in [1.29, 1.82) is 0 Å². The van der Waals surface area contributed by atoms with E-state index in [1.54, 1.807) is 12.1 Å². The zero-order chi connectivity index (χ0) is 38.4. The normalized spacial score (nSPS) is 14.4. The summed E-state index contributed by atoms with van der Waals surface area (Å²) in [5, 5.41) is 2.69. The predicted octanol–water partition coefficient (Wildman–Crippen LogP) is 10.5. The minimum absolute atomic E-state index is 0.0206. The summed E-state index contributed by atoms with van der Waals surface area (Å²) < 4.78 is 16.7. The fourth-order valence-corrected chi connectivity index (χ4v) is 6.39. The van der Waals surface area contributed by atoms with Crippen molar-refractivity contribution in [3.8, 4) is 5.75 Å². The molecule has 0 aliphatic carbocycles. The van der Waals surface area contributed by atoms with Gasteiger partial charge in [-0.2, -0.15) is 0 Å². The van der Waals surface area contributed by atoms with Gasteiger partial charge in [-0.1, -0.05) is 129 Å². The number of Topliss-reactive ketones (excluding diaryl/α,β-unsaturated/α-hetero) is 1. The summed E-state index contributed by atoms with van der Waals surface area (Å²) in [6, 6.07) is 2.82. The molecular weight excluding hydrogens is 660 g/mol. The van der Waals surface area contributed by atoms with E-state index >= 15 is 0 Å². The maximum atomic E-state index is 13.9. The molecule has 3 amide bonds. The number of cyclic esters (lactones) is 1. The molecule has 1 fully saturated rings. The fourth-order valence-electron chi connectivity index (χ4n) is 6.39. The Morgan fingerprint density at radius 1 is 0.750 bits per heavy atom. The number of ketones is 1. The minimum atomic E-state index is -1.74. The highest BCUT2D eigenvalue weighted by atomic mass is 16.6. The number of imide groups is 1. The van der Waals surface area contributed by atoms with Crippen LogP contribution in [0.4, 0.5) is 10.5 Å². The van der Waals surface area contributed by atoms with E-state index in [9.17, 15) is 24.0 Å². The molecule has 0 aromatic heterocycles. The molecule has 0 radical (unpaired) electrons. The van der Waals surface area contributed by atoms with Gasteiger partial charge >= 0.3 is 12.1 Å². The molecule has 294 valence electrons. The van der Waals surface area contributed by atoms with Gasteiger partial charge in [-0.25, -0.2) is 14.5 Å². The Kier molecular flexibility index (Phi) is 21.3. The van der Waals surface area contributed by atoms with E-state index < -0.39 is 41.3 Å². The number of amides is 3. The molecule has 0 spiro atoms. The number of anilines is 1. The molecule has 1 aromatic rings. The van der Waals surface area contributed by atoms with E-state index in [0.717, 1.165) is 44.9 Å². The summed E-state index contributed by atoms with van der Waals surface area (Å²) in [5.74, 6) is -2.48. The van der Waals surface area contributed by atoms with Crippen LogP contribution < -0.4 is 10.1 Å². The lowest BCUT2D eigenvalue weighted by Gasteiger charge is -2.24. The number of ether oxygens (including phenoxy) is 3. The number of nitrogens with one attached hydrogen (secondary N) is 1. The topological polar surface area (TPSA) is 128 Å². The fraction of sp³-hybridized carbons (Fsp3) is 0.738. The number of unbranched alkanes of at least 4 members (excludes halogenated alkanes) is 18. The van der Waals surface area contributed by atoms with E-state index in [4.69, 9.17) is 14.2 Å². The van der Waals surface area contributed by atoms with Crippen LogP contribution >= 0.6 is 0 Å². The summed E-state index contributed by atoms with van der Waals surface area (Å²) in [5.41, 5.74) is -1.19. The van der Waals surface area contributed by atoms with Crippen LogP contribution in [0.2, 0.25) is 0 Å². The highest BCUT2D eigenvalue weighted by Crippen LogP contribution is 2.31. The zero-order valence-electron chi connectivity index (χ0n) is 33.2. The van der Waals surface area contributed by atoms with Crippen molar-refractivity contribution in [2.24, 2.45) is 0 Å². The van der Waals surface area contributed by atoms with Crippen LogP contribution in [0.1, 0.15) is 187 Å². The summed E-state index contributed by atoms with van der Waals surface area (Å²) in [6.07, 6.45) is 21.1. The van der Waals surface area contributed by atoms with Crippen LogP contribution in [-0.4, -0.2) is 58.9 Å². The Labute approximate surface area is 313 Å². The van der Waals surface area contributed by atoms with E-state index in [1.165, 1.54) is 97.0 Å². The molecule has 1 saturated heterocycles. The minimum Gasteiger partial charge on any atom is -0.489 e. The Hall–Kier alpha value is -3.43. The maximum Gasteiger partial charge on any atom is 0.418 e. The third-order valence-corrected chi connectivity index (χ3v) is 9.43. The first-order valence-electron chi connectivity index (χ1n) is 20.3. The average molecular weight is 729 g/mol. The number of carbonyl (C=O) groups excluding carboxylic acids is 5. The largest absolute Gasteiger partial charge is 0.489 e. The van der Waals surface area contributed by atoms with Gasteiger partial charge in [-0.3, -0.25) is 14.4 Å².